The van der Waals surface area contributed by atoms with Crippen molar-refractivity contribution in [2.45, 2.75) is 46.1 Å². The Kier molecular flexibility index (Phi) is 9.31. The molecule has 0 amide bonds. The van der Waals surface area contributed by atoms with Crippen LogP contribution in [0.2, 0.25) is 0 Å². The summed E-state index contributed by atoms with van der Waals surface area (Å²) in [6.07, 6.45) is 3.50. The zero-order valence-corrected chi connectivity index (χ0v) is 13.9. The Morgan fingerprint density at radius 1 is 1.14 bits per heavy atom. The smallest absolute Gasteiger partial charge is 0.0558 e. The molecule has 1 unspecified atom stereocenters. The number of unbranched alkanes of at least 4 members (excludes halogenated alkanes) is 1. The highest BCUT2D eigenvalue weighted by atomic mass is 16.3. The topological polar surface area (TPSA) is 35.5 Å². The van der Waals surface area contributed by atoms with Gasteiger partial charge in [0.25, 0.3) is 0 Å². The van der Waals surface area contributed by atoms with E-state index in [0.29, 0.717) is 6.04 Å². The SMILES string of the molecule is CCCCN(CCO)CCC(NCC)c1ccccc1C. The van der Waals surface area contributed by atoms with Crippen molar-refractivity contribution in [2.75, 3.05) is 32.8 Å². The second-order valence-corrected chi connectivity index (χ2v) is 5.67. The Hall–Kier alpha value is -0.900. The van der Waals surface area contributed by atoms with Gasteiger partial charge in [0.1, 0.15) is 0 Å². The molecule has 0 spiro atoms. The van der Waals surface area contributed by atoms with Crippen molar-refractivity contribution in [1.29, 1.82) is 0 Å². The molecule has 0 fully saturated rings. The van der Waals surface area contributed by atoms with Crippen LogP contribution in [0.4, 0.5) is 0 Å². The maximum atomic E-state index is 9.21. The molecule has 0 aliphatic heterocycles. The van der Waals surface area contributed by atoms with Crippen molar-refractivity contribution >= 4 is 0 Å². The standard InChI is InChI=1S/C18H32N2O/c1-4-6-12-20(14-15-21)13-11-18(19-5-2)17-10-8-7-9-16(17)3/h7-10,18-19,21H,4-6,11-15H2,1-3H3. The molecule has 0 aliphatic rings. The molecule has 21 heavy (non-hydrogen) atoms. The fraction of sp³-hybridized carbons (Fsp3) is 0.667. The predicted molar refractivity (Wildman–Crippen MR) is 90.6 cm³/mol. The molecular weight excluding hydrogens is 260 g/mol. The Bertz CT molecular complexity index is 381. The van der Waals surface area contributed by atoms with Crippen LogP contribution in [0.25, 0.3) is 0 Å². The van der Waals surface area contributed by atoms with Crippen LogP contribution in [0.15, 0.2) is 24.3 Å². The number of aryl methyl sites for hydroxylation is 1. The van der Waals surface area contributed by atoms with Crippen LogP contribution in [0.1, 0.15) is 50.3 Å². The molecule has 1 aromatic rings. The summed E-state index contributed by atoms with van der Waals surface area (Å²) in [5.74, 6) is 0. The molecular formula is C18H32N2O. The highest BCUT2D eigenvalue weighted by molar-refractivity contribution is 5.28. The van der Waals surface area contributed by atoms with Gasteiger partial charge in [-0.25, -0.2) is 0 Å². The van der Waals surface area contributed by atoms with Crippen LogP contribution in [-0.2, 0) is 0 Å². The Morgan fingerprint density at radius 3 is 2.52 bits per heavy atom. The first-order valence-corrected chi connectivity index (χ1v) is 8.35. The van der Waals surface area contributed by atoms with Gasteiger partial charge < -0.3 is 15.3 Å². The third kappa shape index (κ3) is 6.60. The van der Waals surface area contributed by atoms with Crippen LogP contribution in [0.3, 0.4) is 0 Å². The van der Waals surface area contributed by atoms with Gasteiger partial charge in [-0.05, 0) is 44.0 Å². The molecule has 0 radical (unpaired) electrons. The Balaban J connectivity index is 2.62. The minimum absolute atomic E-state index is 0.250. The lowest BCUT2D eigenvalue weighted by molar-refractivity contribution is 0.187. The summed E-state index contributed by atoms with van der Waals surface area (Å²) < 4.78 is 0. The predicted octanol–water partition coefficient (Wildman–Crippen LogP) is 3.13. The van der Waals surface area contributed by atoms with Crippen molar-refractivity contribution in [3.05, 3.63) is 35.4 Å². The second-order valence-electron chi connectivity index (χ2n) is 5.67. The number of hydrogen-bond donors (Lipinski definition) is 2. The molecule has 2 N–H and O–H groups in total. The zero-order valence-electron chi connectivity index (χ0n) is 13.9. The molecule has 0 saturated heterocycles. The third-order valence-electron chi connectivity index (χ3n) is 3.99. The number of aliphatic hydroxyl groups excluding tert-OH is 1. The lowest BCUT2D eigenvalue weighted by Crippen LogP contribution is -2.32. The lowest BCUT2D eigenvalue weighted by Gasteiger charge is -2.26. The van der Waals surface area contributed by atoms with E-state index >= 15 is 0 Å². The Morgan fingerprint density at radius 2 is 1.90 bits per heavy atom. The van der Waals surface area contributed by atoms with Crippen molar-refractivity contribution in [1.82, 2.24) is 10.2 Å². The summed E-state index contributed by atoms with van der Waals surface area (Å²) in [6, 6.07) is 9.03. The average molecular weight is 292 g/mol. The number of nitrogens with one attached hydrogen (secondary N) is 1. The van der Waals surface area contributed by atoms with E-state index in [1.54, 1.807) is 0 Å². The summed E-state index contributed by atoms with van der Waals surface area (Å²) in [5.41, 5.74) is 2.75. The van der Waals surface area contributed by atoms with E-state index in [-0.39, 0.29) is 6.61 Å². The first kappa shape index (κ1) is 18.1. The van der Waals surface area contributed by atoms with Gasteiger partial charge in [0.05, 0.1) is 6.61 Å². The van der Waals surface area contributed by atoms with E-state index in [2.05, 4.69) is 55.3 Å². The quantitative estimate of drug-likeness (QED) is 0.658. The molecule has 120 valence electrons. The van der Waals surface area contributed by atoms with E-state index in [1.807, 2.05) is 0 Å². The van der Waals surface area contributed by atoms with E-state index in [1.165, 1.54) is 24.0 Å². The summed E-state index contributed by atoms with van der Waals surface area (Å²) in [6.45, 7) is 10.7. The third-order valence-corrected chi connectivity index (χ3v) is 3.99. The van der Waals surface area contributed by atoms with Gasteiger partial charge in [-0.1, -0.05) is 44.5 Å². The number of rotatable bonds is 11. The van der Waals surface area contributed by atoms with Gasteiger partial charge in [-0.15, -0.1) is 0 Å². The van der Waals surface area contributed by atoms with Crippen molar-refractivity contribution in [3.8, 4) is 0 Å². The zero-order chi connectivity index (χ0) is 15.5. The monoisotopic (exact) mass is 292 g/mol. The molecule has 0 aliphatic carbocycles. The first-order valence-electron chi connectivity index (χ1n) is 8.35. The number of benzene rings is 1. The molecule has 3 heteroatoms. The Labute approximate surface area is 130 Å². The van der Waals surface area contributed by atoms with Crippen molar-refractivity contribution < 1.29 is 5.11 Å². The summed E-state index contributed by atoms with van der Waals surface area (Å²) >= 11 is 0. The highest BCUT2D eigenvalue weighted by Gasteiger charge is 2.14. The molecule has 1 atom stereocenters. The van der Waals surface area contributed by atoms with E-state index in [9.17, 15) is 5.11 Å². The van der Waals surface area contributed by atoms with Gasteiger partial charge in [-0.2, -0.15) is 0 Å². The summed E-state index contributed by atoms with van der Waals surface area (Å²) in [5, 5.41) is 12.8. The van der Waals surface area contributed by atoms with E-state index in [4.69, 9.17) is 0 Å². The fourth-order valence-electron chi connectivity index (χ4n) is 2.76. The van der Waals surface area contributed by atoms with E-state index in [0.717, 1.165) is 32.6 Å². The van der Waals surface area contributed by atoms with Crippen LogP contribution in [-0.4, -0.2) is 42.8 Å². The van der Waals surface area contributed by atoms with Crippen molar-refractivity contribution in [3.63, 3.8) is 0 Å². The second kappa shape index (κ2) is 10.8. The van der Waals surface area contributed by atoms with Crippen LogP contribution < -0.4 is 5.32 Å². The molecule has 0 saturated carbocycles. The van der Waals surface area contributed by atoms with Gasteiger partial charge in [0, 0.05) is 19.1 Å². The normalized spacial score (nSPS) is 12.8. The van der Waals surface area contributed by atoms with E-state index < -0.39 is 0 Å². The van der Waals surface area contributed by atoms with Gasteiger partial charge in [0.15, 0.2) is 0 Å². The van der Waals surface area contributed by atoms with Crippen LogP contribution in [0.5, 0.6) is 0 Å². The molecule has 0 heterocycles. The lowest BCUT2D eigenvalue weighted by atomic mass is 9.98. The first-order chi connectivity index (χ1) is 10.2. The molecule has 0 aromatic heterocycles. The molecule has 1 rings (SSSR count). The highest BCUT2D eigenvalue weighted by Crippen LogP contribution is 2.21. The number of hydrogen-bond acceptors (Lipinski definition) is 3. The maximum Gasteiger partial charge on any atom is 0.0558 e. The van der Waals surface area contributed by atoms with Gasteiger partial charge in [-0.3, -0.25) is 0 Å². The fourth-order valence-corrected chi connectivity index (χ4v) is 2.76. The largest absolute Gasteiger partial charge is 0.395 e. The number of aliphatic hydroxyl groups is 1. The molecule has 3 nitrogen and oxygen atoms in total. The molecule has 0 bridgehead atoms. The maximum absolute atomic E-state index is 9.21. The summed E-state index contributed by atoms with van der Waals surface area (Å²) in [7, 11) is 0. The summed E-state index contributed by atoms with van der Waals surface area (Å²) in [4.78, 5) is 2.38. The van der Waals surface area contributed by atoms with Gasteiger partial charge in [0.2, 0.25) is 0 Å². The minimum atomic E-state index is 0.250. The van der Waals surface area contributed by atoms with Crippen LogP contribution in [0, 0.1) is 6.92 Å². The van der Waals surface area contributed by atoms with Crippen LogP contribution >= 0.6 is 0 Å². The minimum Gasteiger partial charge on any atom is -0.395 e. The average Bonchev–Trinajstić information content (AvgIpc) is 2.49. The molecule has 1 aromatic carbocycles. The van der Waals surface area contributed by atoms with Crippen molar-refractivity contribution in [2.24, 2.45) is 0 Å². The number of nitrogens with zero attached hydrogens (tertiary/aromatic N) is 1. The van der Waals surface area contributed by atoms with Gasteiger partial charge >= 0.3 is 0 Å².